The number of fused-ring (bicyclic) bond motifs is 29. The Labute approximate surface area is 725 Å². The molecule has 0 fully saturated rings. The molecule has 125 heavy (non-hydrogen) atoms. The molecule has 6 aliphatic rings. The lowest BCUT2D eigenvalue weighted by Crippen LogP contribution is -2.32. The minimum Gasteiger partial charge on any atom is -0.457 e. The second-order valence-electron chi connectivity index (χ2n) is 33.9. The zero-order valence-corrected chi connectivity index (χ0v) is 68.2. The summed E-state index contributed by atoms with van der Waals surface area (Å²) in [5.41, 5.74) is 34.5. The van der Waals surface area contributed by atoms with E-state index in [1.54, 1.807) is 11.3 Å². The number of hydrogen-bond acceptors (Lipinski definition) is 7. The summed E-state index contributed by atoms with van der Waals surface area (Å²) < 4.78 is 16.0. The number of allylic oxidation sites excluding steroid dienone is 5. The number of rotatable bonds is 8. The molecule has 17 aromatic carbocycles. The molecule has 2 spiro atoms. The molecule has 21 aromatic rings. The number of ether oxygens (including phenoxy) is 2. The molecule has 580 valence electrons. The summed E-state index contributed by atoms with van der Waals surface area (Å²) in [6.45, 7) is 0. The topological polar surface area (TPSA) is 70.0 Å². The van der Waals surface area contributed by atoms with Gasteiger partial charge in [0.1, 0.15) is 23.0 Å². The van der Waals surface area contributed by atoms with Crippen LogP contribution in [0.5, 0.6) is 23.0 Å². The Hall–Kier alpha value is -15.8. The van der Waals surface area contributed by atoms with Gasteiger partial charge in [-0.25, -0.2) is 19.9 Å². The molecule has 4 aromatic heterocycles. The van der Waals surface area contributed by atoms with Crippen LogP contribution in [0, 0.1) is 5.92 Å². The van der Waals surface area contributed by atoms with Crippen LogP contribution < -0.4 is 9.47 Å². The maximum absolute atomic E-state index is 7.02. The van der Waals surface area contributed by atoms with Crippen molar-refractivity contribution in [3.63, 3.8) is 0 Å². The normalized spacial score (nSPS) is 15.4. The minimum atomic E-state index is -0.783. The average Bonchev–Trinajstić information content (AvgIpc) is 1.53. The molecule has 0 N–H and O–H groups in total. The van der Waals surface area contributed by atoms with E-state index in [1.165, 1.54) is 89.0 Å². The predicted octanol–water partition coefficient (Wildman–Crippen LogP) is 29.9. The van der Waals surface area contributed by atoms with Crippen LogP contribution in [0.15, 0.2) is 418 Å². The number of pyridine rings is 2. The highest BCUT2D eigenvalue weighted by molar-refractivity contribution is 7.26. The van der Waals surface area contributed by atoms with Crippen LogP contribution in [-0.2, 0) is 10.8 Å². The summed E-state index contributed by atoms with van der Waals surface area (Å²) in [5.74, 6) is 4.21. The first-order chi connectivity index (χ1) is 61.9. The van der Waals surface area contributed by atoms with Gasteiger partial charge in [-0.1, -0.05) is 328 Å². The Balaban J connectivity index is 0.585. The maximum atomic E-state index is 7.02. The van der Waals surface area contributed by atoms with Crippen molar-refractivity contribution >= 4 is 80.6 Å². The van der Waals surface area contributed by atoms with Gasteiger partial charge in [-0.15, -0.1) is 11.3 Å². The molecule has 6 nitrogen and oxygen atoms in total. The molecule has 2 unspecified atom stereocenters. The van der Waals surface area contributed by atoms with Gasteiger partial charge >= 0.3 is 0 Å². The maximum Gasteiger partial charge on any atom is 0.160 e. The van der Waals surface area contributed by atoms with Gasteiger partial charge in [0, 0.05) is 88.0 Å². The molecule has 0 bridgehead atoms. The fourth-order valence-electron chi connectivity index (χ4n) is 22.3. The molecular weight excluding hydrogens is 1540 g/mol. The lowest BCUT2D eigenvalue weighted by molar-refractivity contribution is 0.436. The average molecular weight is 1610 g/mol. The summed E-state index contributed by atoms with van der Waals surface area (Å²) >= 11 is 1.75. The van der Waals surface area contributed by atoms with Crippen molar-refractivity contribution in [3.05, 3.63) is 485 Å². The zero-order chi connectivity index (χ0) is 81.7. The lowest BCUT2D eigenvalue weighted by Gasteiger charge is -2.39. The molecule has 7 heteroatoms. The van der Waals surface area contributed by atoms with E-state index in [9.17, 15) is 0 Å². The Morgan fingerprint density at radius 2 is 0.736 bits per heavy atom. The second-order valence-corrected chi connectivity index (χ2v) is 35.0. The molecule has 0 radical (unpaired) electrons. The quantitative estimate of drug-likeness (QED) is 0.141. The van der Waals surface area contributed by atoms with E-state index < -0.39 is 10.8 Å². The Morgan fingerprint density at radius 3 is 1.38 bits per heavy atom. The standard InChI is InChI=1S/C118H70N4O2S/c1-2-26-69(27-3-1)70-52-56-72(57-53-70)109-83-35-4-6-37-85(83)110(86-38-7-5-36-84(86)109)75-28-24-29-76(62-75)111-93-66-91-80-61-60-74(64-99(80)118(101(91)68-89(93)82-34-10-17-45-102(82)119-111)97-43-15-21-49-106(97)124-107-50-22-16-44-98(107)118)71-54-58-73(59-55-71)116-121-113(115-114(122-116)87-39-11-23-51-108(87)125-115)78-31-25-30-77(63-78)112-92-65-90-79-32-8-12-40-94(79)117(100(90)67-88(92)81-33-9-18-46-103(81)120-112)95-41-13-19-47-104(95)123-105-48-20-14-42-96(105)117/h1-68,85,110H. The Bertz CT molecular complexity index is 8290. The molecule has 2 aliphatic heterocycles. The summed E-state index contributed by atoms with van der Waals surface area (Å²) in [5, 5.41) is 7.78. The predicted molar refractivity (Wildman–Crippen MR) is 510 cm³/mol. The third-order valence-corrected chi connectivity index (χ3v) is 28.8. The van der Waals surface area contributed by atoms with Crippen molar-refractivity contribution in [3.8, 4) is 113 Å². The highest BCUT2D eigenvalue weighted by Crippen LogP contribution is 2.66. The fraction of sp³-hybridized carbons (Fsp3) is 0.0339. The largest absolute Gasteiger partial charge is 0.457 e. The van der Waals surface area contributed by atoms with E-state index in [0.717, 1.165) is 159 Å². The molecular formula is C118H70N4O2S. The van der Waals surface area contributed by atoms with Crippen molar-refractivity contribution < 1.29 is 9.47 Å². The Morgan fingerprint density at radius 1 is 0.272 bits per heavy atom. The highest BCUT2D eigenvalue weighted by atomic mass is 32.1. The third kappa shape index (κ3) is 10.1. The van der Waals surface area contributed by atoms with Crippen LogP contribution in [0.3, 0.4) is 0 Å². The van der Waals surface area contributed by atoms with E-state index in [-0.39, 0.29) is 11.8 Å². The van der Waals surface area contributed by atoms with Gasteiger partial charge in [-0.3, -0.25) is 0 Å². The second kappa shape index (κ2) is 26.8. The number of nitrogens with zero attached hydrogens (tertiary/aromatic N) is 4. The van der Waals surface area contributed by atoms with Gasteiger partial charge < -0.3 is 9.47 Å². The Kier molecular flexibility index (Phi) is 15.0. The van der Waals surface area contributed by atoms with Gasteiger partial charge in [0.05, 0.1) is 49.2 Å². The molecule has 0 saturated heterocycles. The van der Waals surface area contributed by atoms with Crippen LogP contribution >= 0.6 is 11.3 Å². The molecule has 6 heterocycles. The van der Waals surface area contributed by atoms with Crippen molar-refractivity contribution in [2.24, 2.45) is 5.92 Å². The minimum absolute atomic E-state index is 0.0432. The monoisotopic (exact) mass is 1610 g/mol. The summed E-state index contributed by atoms with van der Waals surface area (Å²) in [7, 11) is 0. The summed E-state index contributed by atoms with van der Waals surface area (Å²) in [4.78, 5) is 22.7. The highest BCUT2D eigenvalue weighted by Gasteiger charge is 2.54. The molecule has 4 aliphatic carbocycles. The molecule has 0 saturated carbocycles. The van der Waals surface area contributed by atoms with Crippen molar-refractivity contribution in [1.29, 1.82) is 0 Å². The zero-order valence-electron chi connectivity index (χ0n) is 67.4. The van der Waals surface area contributed by atoms with E-state index in [1.807, 2.05) is 0 Å². The number of hydrogen-bond donors (Lipinski definition) is 0. The van der Waals surface area contributed by atoms with Gasteiger partial charge in [0.25, 0.3) is 0 Å². The smallest absolute Gasteiger partial charge is 0.160 e. The third-order valence-electron chi connectivity index (χ3n) is 27.6. The number of para-hydroxylation sites is 6. The van der Waals surface area contributed by atoms with Gasteiger partial charge in [0.2, 0.25) is 0 Å². The lowest BCUT2D eigenvalue weighted by atomic mass is 9.65. The van der Waals surface area contributed by atoms with E-state index in [2.05, 4.69) is 413 Å². The summed E-state index contributed by atoms with van der Waals surface area (Å²) in [6.07, 6.45) is 9.22. The van der Waals surface area contributed by atoms with Crippen LogP contribution in [-0.4, -0.2) is 19.9 Å². The first-order valence-corrected chi connectivity index (χ1v) is 43.8. The number of benzene rings is 17. The van der Waals surface area contributed by atoms with Crippen molar-refractivity contribution in [1.82, 2.24) is 19.9 Å². The van der Waals surface area contributed by atoms with Crippen molar-refractivity contribution in [2.75, 3.05) is 0 Å². The van der Waals surface area contributed by atoms with E-state index in [0.29, 0.717) is 5.82 Å². The van der Waals surface area contributed by atoms with Crippen LogP contribution in [0.25, 0.3) is 159 Å². The van der Waals surface area contributed by atoms with E-state index in [4.69, 9.17) is 29.4 Å². The SMILES string of the molecule is C1=CC2=C(c3ccc(-c4ccccc4)cc3)c3ccccc3C(c3cccc(-c4nc5ccccc5c5cc6c(cc45)-c4ccc(-c5ccc(-c7nc(-c8cccc(-c9nc%10ccccc%10c%10cc%11c(cc9%10)-c9ccccc9C%119c%10ccccc%10Oc%10ccccc%109)c8)c8sc9ccccc9c8n7)cc5)cc4C64c5ccccc5Oc5ccccc54)c3)C2C=C1. The molecule has 27 rings (SSSR count). The van der Waals surface area contributed by atoms with E-state index >= 15 is 0 Å². The van der Waals surface area contributed by atoms with Crippen LogP contribution in [0.4, 0.5) is 0 Å². The summed E-state index contributed by atoms with van der Waals surface area (Å²) in [6, 6.07) is 143. The molecule has 2 atom stereocenters. The first kappa shape index (κ1) is 69.9. The number of aromatic nitrogens is 4. The molecule has 0 amide bonds. The van der Waals surface area contributed by atoms with Gasteiger partial charge in [0.15, 0.2) is 5.82 Å². The number of thiophene rings is 1. The van der Waals surface area contributed by atoms with Crippen molar-refractivity contribution in [2.45, 2.75) is 16.7 Å². The van der Waals surface area contributed by atoms with Crippen LogP contribution in [0.2, 0.25) is 0 Å². The first-order valence-electron chi connectivity index (χ1n) is 43.0. The fourth-order valence-corrected chi connectivity index (χ4v) is 23.4. The van der Waals surface area contributed by atoms with Crippen LogP contribution in [0.1, 0.15) is 72.7 Å². The van der Waals surface area contributed by atoms with Gasteiger partial charge in [-0.05, 0) is 196 Å². The van der Waals surface area contributed by atoms with Gasteiger partial charge in [-0.2, -0.15) is 0 Å².